The van der Waals surface area contributed by atoms with Crippen LogP contribution in [0.4, 0.5) is 0 Å². The van der Waals surface area contributed by atoms with Crippen LogP contribution in [-0.2, 0) is 86.4 Å². The molecule has 10 atom stereocenters. The second-order valence-electron chi connectivity index (χ2n) is 13.2. The summed E-state index contributed by atoms with van der Waals surface area (Å²) < 4.78 is 59.7. The minimum atomic E-state index is -1.53. The molecule has 15 heteroatoms. The van der Waals surface area contributed by atoms with Crippen molar-refractivity contribution < 1.29 is 71.7 Å². The van der Waals surface area contributed by atoms with Gasteiger partial charge in [-0.3, -0.25) is 19.2 Å². The van der Waals surface area contributed by atoms with Crippen LogP contribution in [-0.4, -0.2) is 104 Å². The van der Waals surface area contributed by atoms with Crippen molar-refractivity contribution in [3.63, 3.8) is 0 Å². The minimum absolute atomic E-state index is 0.122. The number of aliphatic hydroxyl groups excluding tert-OH is 1. The van der Waals surface area contributed by atoms with E-state index in [1.54, 1.807) is 0 Å². The van der Waals surface area contributed by atoms with Gasteiger partial charge in [-0.05, 0) is 16.7 Å². The largest absolute Gasteiger partial charge is 0.463 e. The third kappa shape index (κ3) is 12.4. The lowest BCUT2D eigenvalue weighted by Gasteiger charge is -2.46. The minimum Gasteiger partial charge on any atom is -0.463 e. The third-order valence-electron chi connectivity index (χ3n) is 8.84. The Kier molecular flexibility index (Phi) is 15.9. The first kappa shape index (κ1) is 42.4. The first-order chi connectivity index (χ1) is 27.0. The summed E-state index contributed by atoms with van der Waals surface area (Å²) in [5.74, 6) is -3.00. The molecule has 0 spiro atoms. The van der Waals surface area contributed by atoms with Gasteiger partial charge in [0.2, 0.25) is 0 Å². The van der Waals surface area contributed by atoms with Crippen LogP contribution in [0, 0.1) is 0 Å². The number of carbonyl (C=O) groups is 4. The number of hydrogen-bond acceptors (Lipinski definition) is 15. The van der Waals surface area contributed by atoms with Crippen molar-refractivity contribution in [3.8, 4) is 0 Å². The molecular formula is C41H48O15. The van der Waals surface area contributed by atoms with Gasteiger partial charge in [0.1, 0.15) is 37.1 Å². The Labute approximate surface area is 325 Å². The predicted octanol–water partition coefficient (Wildman–Crippen LogP) is 3.56. The van der Waals surface area contributed by atoms with Gasteiger partial charge in [-0.1, -0.05) is 91.0 Å². The average molecular weight is 781 g/mol. The molecule has 0 aliphatic carbocycles. The van der Waals surface area contributed by atoms with E-state index in [-0.39, 0.29) is 26.4 Å². The van der Waals surface area contributed by atoms with E-state index in [9.17, 15) is 24.3 Å². The molecule has 2 aliphatic rings. The van der Waals surface area contributed by atoms with Crippen molar-refractivity contribution in [2.75, 3.05) is 13.2 Å². The van der Waals surface area contributed by atoms with Crippen LogP contribution in [0.1, 0.15) is 44.4 Å². The smallest absolute Gasteiger partial charge is 0.303 e. The number of carbonyl (C=O) groups excluding carboxylic acids is 4. The van der Waals surface area contributed by atoms with E-state index < -0.39 is 91.9 Å². The van der Waals surface area contributed by atoms with Crippen molar-refractivity contribution in [1.29, 1.82) is 0 Å². The summed E-state index contributed by atoms with van der Waals surface area (Å²) in [6, 6.07) is 28.3. The molecule has 3 aromatic carbocycles. The SMILES string of the molecule is CC(=O)OCC1O[C@H](OCC2O[C@H](O)C(OCc3ccccc3)C(OCc3ccccc3)[C@@H]2OCc2ccccc2)C(OC(C)=O)C(OC(C)=O)[C@@H]1OC(C)=O. The molecule has 6 unspecified atom stereocenters. The molecule has 5 rings (SSSR count). The normalized spacial score (nSPS) is 27.4. The van der Waals surface area contributed by atoms with Gasteiger partial charge in [-0.2, -0.15) is 0 Å². The van der Waals surface area contributed by atoms with Crippen molar-refractivity contribution in [1.82, 2.24) is 0 Å². The molecule has 302 valence electrons. The molecular weight excluding hydrogens is 732 g/mol. The lowest BCUT2D eigenvalue weighted by Crippen LogP contribution is -2.64. The first-order valence-corrected chi connectivity index (χ1v) is 18.2. The maximum absolute atomic E-state index is 12.4. The van der Waals surface area contributed by atoms with Crippen molar-refractivity contribution in [2.24, 2.45) is 0 Å². The van der Waals surface area contributed by atoms with E-state index in [0.29, 0.717) is 0 Å². The van der Waals surface area contributed by atoms with Gasteiger partial charge in [0.15, 0.2) is 30.9 Å². The van der Waals surface area contributed by atoms with E-state index in [1.165, 1.54) is 6.92 Å². The summed E-state index contributed by atoms with van der Waals surface area (Å²) in [7, 11) is 0. The zero-order chi connectivity index (χ0) is 40.0. The molecule has 2 aliphatic heterocycles. The molecule has 0 aromatic heterocycles. The number of ether oxygens (including phenoxy) is 10. The molecule has 2 heterocycles. The molecule has 0 radical (unpaired) electrons. The van der Waals surface area contributed by atoms with Crippen LogP contribution in [0.15, 0.2) is 91.0 Å². The molecule has 2 fully saturated rings. The number of benzene rings is 3. The fraction of sp³-hybridized carbons (Fsp3) is 0.463. The summed E-state index contributed by atoms with van der Waals surface area (Å²) in [4.78, 5) is 48.7. The van der Waals surface area contributed by atoms with Crippen LogP contribution in [0.5, 0.6) is 0 Å². The second-order valence-corrected chi connectivity index (χ2v) is 13.2. The fourth-order valence-electron chi connectivity index (χ4n) is 6.41. The maximum atomic E-state index is 12.4. The zero-order valence-electron chi connectivity index (χ0n) is 31.6. The van der Waals surface area contributed by atoms with Crippen LogP contribution in [0.2, 0.25) is 0 Å². The molecule has 0 amide bonds. The van der Waals surface area contributed by atoms with Gasteiger partial charge in [0.05, 0.1) is 26.4 Å². The van der Waals surface area contributed by atoms with Crippen LogP contribution >= 0.6 is 0 Å². The van der Waals surface area contributed by atoms with Gasteiger partial charge < -0.3 is 52.5 Å². The van der Waals surface area contributed by atoms with E-state index in [1.807, 2.05) is 91.0 Å². The Hall–Kier alpha value is -4.74. The molecule has 0 bridgehead atoms. The molecule has 0 saturated carbocycles. The highest BCUT2D eigenvalue weighted by Gasteiger charge is 2.54. The Morgan fingerprint density at radius 2 is 0.911 bits per heavy atom. The second kappa shape index (κ2) is 21.0. The average Bonchev–Trinajstić information content (AvgIpc) is 3.17. The van der Waals surface area contributed by atoms with Gasteiger partial charge in [0.25, 0.3) is 0 Å². The Morgan fingerprint density at radius 1 is 0.482 bits per heavy atom. The summed E-state index contributed by atoms with van der Waals surface area (Å²) in [6.07, 6.45) is -12.5. The quantitative estimate of drug-likeness (QED) is 0.155. The summed E-state index contributed by atoms with van der Waals surface area (Å²) >= 11 is 0. The lowest BCUT2D eigenvalue weighted by atomic mass is 9.97. The summed E-state index contributed by atoms with van der Waals surface area (Å²) in [6.45, 7) is 4.16. The van der Waals surface area contributed by atoms with Crippen molar-refractivity contribution >= 4 is 23.9 Å². The Balaban J connectivity index is 1.46. The standard InChI is InChI=1S/C41H48O15/c1-25(42)47-23-33-35(52-26(2)43)37(53-27(3)44)39(54-28(4)45)41(56-33)51-24-32-34(48-20-29-14-8-5-9-15-29)36(49-21-30-16-10-6-11-17-30)38(40(46)55-32)50-22-31-18-12-7-13-19-31/h5-19,32-41,46H,20-24H2,1-4H3/t32?,33?,34-,35-,36?,37?,38?,39?,40+,41+/m1/s1. The van der Waals surface area contributed by atoms with Crippen LogP contribution in [0.3, 0.4) is 0 Å². The van der Waals surface area contributed by atoms with Crippen LogP contribution < -0.4 is 0 Å². The van der Waals surface area contributed by atoms with Gasteiger partial charge in [-0.25, -0.2) is 0 Å². The Morgan fingerprint density at radius 3 is 1.39 bits per heavy atom. The highest BCUT2D eigenvalue weighted by molar-refractivity contribution is 5.68. The third-order valence-corrected chi connectivity index (χ3v) is 8.84. The monoisotopic (exact) mass is 780 g/mol. The number of hydrogen-bond donors (Lipinski definition) is 1. The van der Waals surface area contributed by atoms with Crippen molar-refractivity contribution in [3.05, 3.63) is 108 Å². The highest BCUT2D eigenvalue weighted by atomic mass is 16.7. The molecule has 56 heavy (non-hydrogen) atoms. The number of rotatable bonds is 17. The topological polar surface area (TPSA) is 181 Å². The van der Waals surface area contributed by atoms with Crippen LogP contribution in [0.25, 0.3) is 0 Å². The number of esters is 4. The van der Waals surface area contributed by atoms with E-state index in [0.717, 1.165) is 37.5 Å². The molecule has 15 nitrogen and oxygen atoms in total. The van der Waals surface area contributed by atoms with Crippen molar-refractivity contribution in [2.45, 2.75) is 109 Å². The molecule has 2 saturated heterocycles. The predicted molar refractivity (Wildman–Crippen MR) is 194 cm³/mol. The fourth-order valence-corrected chi connectivity index (χ4v) is 6.41. The van der Waals surface area contributed by atoms with E-state index in [4.69, 9.17) is 47.4 Å². The number of aliphatic hydroxyl groups is 1. The zero-order valence-corrected chi connectivity index (χ0v) is 31.6. The summed E-state index contributed by atoms with van der Waals surface area (Å²) in [5.41, 5.74) is 2.57. The molecule has 3 aromatic rings. The molecule has 1 N–H and O–H groups in total. The van der Waals surface area contributed by atoms with Gasteiger partial charge in [0, 0.05) is 27.7 Å². The first-order valence-electron chi connectivity index (χ1n) is 18.2. The van der Waals surface area contributed by atoms with Gasteiger partial charge in [-0.15, -0.1) is 0 Å². The lowest BCUT2D eigenvalue weighted by molar-refractivity contribution is -0.339. The summed E-state index contributed by atoms with van der Waals surface area (Å²) in [5, 5.41) is 11.5. The Bertz CT molecular complexity index is 1690. The maximum Gasteiger partial charge on any atom is 0.303 e. The van der Waals surface area contributed by atoms with Gasteiger partial charge >= 0.3 is 23.9 Å². The van der Waals surface area contributed by atoms with E-state index >= 15 is 0 Å². The van der Waals surface area contributed by atoms with E-state index in [2.05, 4.69) is 0 Å². The highest BCUT2D eigenvalue weighted by Crippen LogP contribution is 2.33.